The van der Waals surface area contributed by atoms with Gasteiger partial charge in [0.1, 0.15) is 23.3 Å². The quantitative estimate of drug-likeness (QED) is 0.383. The summed E-state index contributed by atoms with van der Waals surface area (Å²) in [6.07, 6.45) is 1.01. The number of rotatable bonds is 9. The summed E-state index contributed by atoms with van der Waals surface area (Å²) in [6.45, 7) is 10.5. The van der Waals surface area contributed by atoms with Crippen LogP contribution in [-0.2, 0) is 4.74 Å². The first-order valence-corrected chi connectivity index (χ1v) is 12.7. The van der Waals surface area contributed by atoms with Crippen molar-refractivity contribution in [2.24, 2.45) is 0 Å². The highest BCUT2D eigenvalue weighted by molar-refractivity contribution is 5.95. The zero-order valence-corrected chi connectivity index (χ0v) is 23.2. The number of benzene rings is 1. The molecule has 2 unspecified atom stereocenters. The number of hydrogen-bond acceptors (Lipinski definition) is 10. The molecule has 2 atom stereocenters. The van der Waals surface area contributed by atoms with E-state index in [0.717, 1.165) is 0 Å². The molecule has 2 amide bonds. The summed E-state index contributed by atoms with van der Waals surface area (Å²) in [4.78, 5) is 37.3. The third-order valence-corrected chi connectivity index (χ3v) is 6.03. The van der Waals surface area contributed by atoms with Gasteiger partial charge in [-0.1, -0.05) is 6.92 Å². The van der Waals surface area contributed by atoms with Gasteiger partial charge in [0.2, 0.25) is 5.95 Å². The molecule has 0 fully saturated rings. The van der Waals surface area contributed by atoms with E-state index >= 15 is 0 Å². The number of hydrogen-bond donors (Lipinski definition) is 4. The van der Waals surface area contributed by atoms with E-state index in [-0.39, 0.29) is 11.9 Å². The average molecular weight is 530 g/mol. The van der Waals surface area contributed by atoms with Gasteiger partial charge in [-0.05, 0) is 52.3 Å². The van der Waals surface area contributed by atoms with E-state index in [0.29, 0.717) is 60.5 Å². The number of ether oxygens (including phenoxy) is 2. The number of aromatic nitrogens is 2. The van der Waals surface area contributed by atoms with E-state index in [1.165, 1.54) is 7.11 Å². The lowest BCUT2D eigenvalue weighted by Gasteiger charge is -2.45. The van der Waals surface area contributed by atoms with Gasteiger partial charge in [0.15, 0.2) is 5.82 Å². The fourth-order valence-electron chi connectivity index (χ4n) is 4.22. The smallest absolute Gasteiger partial charge is 0.407 e. The van der Waals surface area contributed by atoms with Gasteiger partial charge in [-0.15, -0.1) is 0 Å². The third kappa shape index (κ3) is 6.74. The van der Waals surface area contributed by atoms with Crippen molar-refractivity contribution in [1.29, 1.82) is 0 Å². The number of amides is 2. The van der Waals surface area contributed by atoms with Crippen LogP contribution in [0.1, 0.15) is 51.4 Å². The molecule has 0 saturated carbocycles. The lowest BCUT2D eigenvalue weighted by Crippen LogP contribution is -2.56. The molecule has 0 spiro atoms. The van der Waals surface area contributed by atoms with Crippen LogP contribution in [0.2, 0.25) is 0 Å². The fraction of sp³-hybridized carbons (Fsp3) is 0.538. The van der Waals surface area contributed by atoms with Crippen molar-refractivity contribution in [1.82, 2.24) is 20.6 Å². The van der Waals surface area contributed by atoms with Gasteiger partial charge in [-0.3, -0.25) is 4.79 Å². The van der Waals surface area contributed by atoms with Gasteiger partial charge in [0.25, 0.3) is 5.91 Å². The number of likely N-dealkylation sites (N-methyl/N-ethyl adjacent to an activating group) is 1. The topological polar surface area (TPSA) is 141 Å². The molecule has 12 nitrogen and oxygen atoms in total. The summed E-state index contributed by atoms with van der Waals surface area (Å²) >= 11 is 0. The standard InChI is InChI=1S/C26H39N7O5/c1-8-18-23(35)32(6)19-15-29-24(30-17-11-10-16(14-20(17)37-7)22(34)27-9-2)31-21(19)33(18)13-12-28-25(36)38-26(3,4)5/h10-11,14-15,18,23,35H,8-9,12-13H2,1-7H3,(H,27,34)(H,28,36)(H,29,30,31). The maximum Gasteiger partial charge on any atom is 0.407 e. The van der Waals surface area contributed by atoms with Crippen LogP contribution in [-0.4, -0.2) is 78.7 Å². The lowest BCUT2D eigenvalue weighted by atomic mass is 10.1. The highest BCUT2D eigenvalue weighted by atomic mass is 16.6. The van der Waals surface area contributed by atoms with E-state index < -0.39 is 17.9 Å². The summed E-state index contributed by atoms with van der Waals surface area (Å²) in [5.74, 6) is 1.21. The normalized spacial score (nSPS) is 16.9. The van der Waals surface area contributed by atoms with Crippen molar-refractivity contribution in [3.05, 3.63) is 30.0 Å². The first-order chi connectivity index (χ1) is 18.0. The maximum atomic E-state index is 12.2. The van der Waals surface area contributed by atoms with E-state index in [1.54, 1.807) is 57.1 Å². The summed E-state index contributed by atoms with van der Waals surface area (Å²) in [5, 5.41) is 19.7. The number of aliphatic hydroxyl groups excluding tert-OH is 1. The molecule has 1 aromatic carbocycles. The molecule has 1 aliphatic rings. The molecule has 2 aromatic rings. The molecule has 1 aliphatic heterocycles. The molecule has 0 radical (unpaired) electrons. The fourth-order valence-corrected chi connectivity index (χ4v) is 4.22. The molecule has 2 heterocycles. The Bertz CT molecular complexity index is 1140. The number of alkyl carbamates (subject to hydrolysis) is 1. The van der Waals surface area contributed by atoms with Crippen LogP contribution >= 0.6 is 0 Å². The number of aliphatic hydroxyl groups is 1. The second-order valence-corrected chi connectivity index (χ2v) is 9.92. The Hall–Kier alpha value is -3.80. The van der Waals surface area contributed by atoms with Crippen LogP contribution in [0, 0.1) is 0 Å². The number of carbonyl (C=O) groups excluding carboxylic acids is 2. The number of fused-ring (bicyclic) bond motifs is 1. The van der Waals surface area contributed by atoms with Crippen molar-refractivity contribution in [2.45, 2.75) is 58.9 Å². The average Bonchev–Trinajstić information content (AvgIpc) is 2.86. The SMILES string of the molecule is CCNC(=O)c1ccc(Nc2ncc3c(n2)N(CCNC(=O)OC(C)(C)C)C(CC)C(O)N3C)c(OC)c1. The largest absolute Gasteiger partial charge is 0.495 e. The number of nitrogens with zero attached hydrogens (tertiary/aromatic N) is 4. The van der Waals surface area contributed by atoms with E-state index in [4.69, 9.17) is 14.5 Å². The van der Waals surface area contributed by atoms with E-state index in [2.05, 4.69) is 20.9 Å². The van der Waals surface area contributed by atoms with Crippen LogP contribution < -0.4 is 30.5 Å². The second kappa shape index (κ2) is 12.2. The molecule has 0 saturated heterocycles. The molecule has 1 aromatic heterocycles. The summed E-state index contributed by atoms with van der Waals surface area (Å²) in [6, 6.07) is 4.82. The number of nitrogens with one attached hydrogen (secondary N) is 3. The van der Waals surface area contributed by atoms with Crippen molar-refractivity contribution in [2.75, 3.05) is 48.9 Å². The van der Waals surface area contributed by atoms with Gasteiger partial charge in [0, 0.05) is 32.2 Å². The van der Waals surface area contributed by atoms with Crippen molar-refractivity contribution in [3.8, 4) is 5.75 Å². The summed E-state index contributed by atoms with van der Waals surface area (Å²) in [5.41, 5.74) is 1.13. The van der Waals surface area contributed by atoms with Crippen molar-refractivity contribution >= 4 is 35.1 Å². The minimum atomic E-state index is -0.779. The Balaban J connectivity index is 1.86. The van der Waals surface area contributed by atoms with E-state index in [9.17, 15) is 14.7 Å². The zero-order chi connectivity index (χ0) is 28.0. The predicted molar refractivity (Wildman–Crippen MR) is 146 cm³/mol. The number of carbonyl (C=O) groups is 2. The summed E-state index contributed by atoms with van der Waals surface area (Å²) < 4.78 is 10.8. The van der Waals surface area contributed by atoms with Crippen LogP contribution in [0.15, 0.2) is 24.4 Å². The van der Waals surface area contributed by atoms with Crippen LogP contribution in [0.4, 0.5) is 27.9 Å². The zero-order valence-electron chi connectivity index (χ0n) is 23.2. The molecular weight excluding hydrogens is 490 g/mol. The lowest BCUT2D eigenvalue weighted by molar-refractivity contribution is 0.0528. The monoisotopic (exact) mass is 529 g/mol. The van der Waals surface area contributed by atoms with Gasteiger partial charge < -0.3 is 40.3 Å². The molecular formula is C26H39N7O5. The molecule has 3 rings (SSSR count). The maximum absolute atomic E-state index is 12.2. The Morgan fingerprint density at radius 2 is 1.92 bits per heavy atom. The number of methoxy groups -OCH3 is 1. The second-order valence-electron chi connectivity index (χ2n) is 9.92. The third-order valence-electron chi connectivity index (χ3n) is 6.03. The predicted octanol–water partition coefficient (Wildman–Crippen LogP) is 2.86. The molecule has 12 heteroatoms. The Morgan fingerprint density at radius 1 is 1.18 bits per heavy atom. The van der Waals surface area contributed by atoms with Gasteiger partial charge in [-0.2, -0.15) is 4.98 Å². The van der Waals surface area contributed by atoms with Gasteiger partial charge >= 0.3 is 6.09 Å². The van der Waals surface area contributed by atoms with Crippen LogP contribution in [0.25, 0.3) is 0 Å². The first kappa shape index (κ1) is 28.8. The molecule has 208 valence electrons. The minimum absolute atomic E-state index is 0.190. The summed E-state index contributed by atoms with van der Waals surface area (Å²) in [7, 11) is 3.32. The molecule has 0 aliphatic carbocycles. The molecule has 0 bridgehead atoms. The highest BCUT2D eigenvalue weighted by Crippen LogP contribution is 2.37. The Kier molecular flexibility index (Phi) is 9.21. The van der Waals surface area contributed by atoms with Crippen molar-refractivity contribution in [3.63, 3.8) is 0 Å². The Morgan fingerprint density at radius 3 is 2.55 bits per heavy atom. The first-order valence-electron chi connectivity index (χ1n) is 12.7. The van der Waals surface area contributed by atoms with Gasteiger partial charge in [-0.25, -0.2) is 9.78 Å². The van der Waals surface area contributed by atoms with Crippen LogP contribution in [0.3, 0.4) is 0 Å². The Labute approximate surface area is 223 Å². The van der Waals surface area contributed by atoms with Crippen molar-refractivity contribution < 1.29 is 24.2 Å². The van der Waals surface area contributed by atoms with E-state index in [1.807, 2.05) is 18.7 Å². The molecule has 4 N–H and O–H groups in total. The number of anilines is 4. The van der Waals surface area contributed by atoms with Gasteiger partial charge in [0.05, 0.1) is 25.0 Å². The molecule has 38 heavy (non-hydrogen) atoms. The highest BCUT2D eigenvalue weighted by Gasteiger charge is 2.37. The van der Waals surface area contributed by atoms with Crippen LogP contribution in [0.5, 0.6) is 5.75 Å². The minimum Gasteiger partial charge on any atom is -0.495 e.